The van der Waals surface area contributed by atoms with Gasteiger partial charge in [0.2, 0.25) is 0 Å². The van der Waals surface area contributed by atoms with Crippen molar-refractivity contribution in [2.75, 3.05) is 12.3 Å². The summed E-state index contributed by atoms with van der Waals surface area (Å²) in [4.78, 5) is 12.7. The van der Waals surface area contributed by atoms with Gasteiger partial charge >= 0.3 is 6.09 Å². The lowest BCUT2D eigenvalue weighted by molar-refractivity contribution is 0.0525. The van der Waals surface area contributed by atoms with Gasteiger partial charge in [-0.15, -0.1) is 5.10 Å². The summed E-state index contributed by atoms with van der Waals surface area (Å²) in [7, 11) is 0. The summed E-state index contributed by atoms with van der Waals surface area (Å²) in [5.41, 5.74) is 4.90. The first kappa shape index (κ1) is 12.3. The van der Waals surface area contributed by atoms with Crippen molar-refractivity contribution < 1.29 is 9.53 Å². The number of nitrogen functional groups attached to an aromatic ring is 1. The molecule has 1 amide bonds. The zero-order valence-corrected chi connectivity index (χ0v) is 9.73. The van der Waals surface area contributed by atoms with Crippen molar-refractivity contribution in [2.45, 2.75) is 32.9 Å². The predicted molar refractivity (Wildman–Crippen MR) is 58.7 cm³/mol. The summed E-state index contributed by atoms with van der Waals surface area (Å²) in [5.74, 6) is 0.359. The maximum absolute atomic E-state index is 11.2. The van der Waals surface area contributed by atoms with Crippen LogP contribution in [0.3, 0.4) is 0 Å². The van der Waals surface area contributed by atoms with Gasteiger partial charge in [-0.2, -0.15) is 9.90 Å². The maximum atomic E-state index is 11.2. The minimum atomic E-state index is -0.488. The number of nitrogens with zero attached hydrogens (tertiary/aromatic N) is 3. The number of hydrogen-bond donors (Lipinski definition) is 2. The van der Waals surface area contributed by atoms with Crippen molar-refractivity contribution in [1.82, 2.24) is 20.3 Å². The number of amides is 1. The SMILES string of the molecule is CC(C)(C)OC(=O)NCCn1ncc(N)n1. The van der Waals surface area contributed by atoms with Crippen molar-refractivity contribution in [3.63, 3.8) is 0 Å². The minimum absolute atomic E-state index is 0.359. The molecule has 0 atom stereocenters. The van der Waals surface area contributed by atoms with Gasteiger partial charge in [-0.05, 0) is 20.8 Å². The lowest BCUT2D eigenvalue weighted by atomic mass is 10.2. The number of rotatable bonds is 3. The summed E-state index contributed by atoms with van der Waals surface area (Å²) in [6, 6.07) is 0. The molecule has 0 aliphatic heterocycles. The molecule has 0 radical (unpaired) electrons. The highest BCUT2D eigenvalue weighted by molar-refractivity contribution is 5.67. The Balaban J connectivity index is 2.23. The molecule has 7 heteroatoms. The molecule has 7 nitrogen and oxygen atoms in total. The summed E-state index contributed by atoms with van der Waals surface area (Å²) in [6.07, 6.45) is 1.00. The largest absolute Gasteiger partial charge is 0.444 e. The molecule has 16 heavy (non-hydrogen) atoms. The topological polar surface area (TPSA) is 95.1 Å². The Kier molecular flexibility index (Phi) is 3.70. The second-order valence-electron chi connectivity index (χ2n) is 4.29. The lowest BCUT2D eigenvalue weighted by Crippen LogP contribution is -2.34. The number of nitrogens with two attached hydrogens (primary N) is 1. The molecule has 0 aromatic carbocycles. The molecule has 0 unspecified atom stereocenters. The van der Waals surface area contributed by atoms with E-state index in [1.165, 1.54) is 11.0 Å². The average Bonchev–Trinajstić information content (AvgIpc) is 2.48. The van der Waals surface area contributed by atoms with Crippen molar-refractivity contribution in [1.29, 1.82) is 0 Å². The van der Waals surface area contributed by atoms with Gasteiger partial charge in [-0.3, -0.25) is 0 Å². The number of carbonyl (C=O) groups excluding carboxylic acids is 1. The van der Waals surface area contributed by atoms with Crippen molar-refractivity contribution in [2.24, 2.45) is 0 Å². The summed E-state index contributed by atoms with van der Waals surface area (Å²) < 4.78 is 5.06. The van der Waals surface area contributed by atoms with Gasteiger partial charge in [0.05, 0.1) is 12.7 Å². The zero-order valence-electron chi connectivity index (χ0n) is 9.73. The van der Waals surface area contributed by atoms with E-state index in [0.29, 0.717) is 18.9 Å². The molecular formula is C9H17N5O2. The maximum Gasteiger partial charge on any atom is 0.407 e. The number of aromatic nitrogens is 3. The monoisotopic (exact) mass is 227 g/mol. The molecule has 0 fully saturated rings. The highest BCUT2D eigenvalue weighted by atomic mass is 16.6. The van der Waals surface area contributed by atoms with Gasteiger partial charge in [-0.25, -0.2) is 4.79 Å². The van der Waals surface area contributed by atoms with Gasteiger partial charge in [0.25, 0.3) is 0 Å². The molecule has 0 saturated heterocycles. The van der Waals surface area contributed by atoms with E-state index in [0.717, 1.165) is 0 Å². The third kappa shape index (κ3) is 4.63. The van der Waals surface area contributed by atoms with Crippen molar-refractivity contribution >= 4 is 11.9 Å². The van der Waals surface area contributed by atoms with Crippen LogP contribution in [0.5, 0.6) is 0 Å². The van der Waals surface area contributed by atoms with Crippen LogP contribution in [0, 0.1) is 0 Å². The number of nitrogens with one attached hydrogen (secondary N) is 1. The third-order valence-electron chi connectivity index (χ3n) is 1.53. The van der Waals surface area contributed by atoms with Crippen LogP contribution in [0.1, 0.15) is 20.8 Å². The highest BCUT2D eigenvalue weighted by Crippen LogP contribution is 2.06. The molecule has 1 rings (SSSR count). The minimum Gasteiger partial charge on any atom is -0.444 e. The van der Waals surface area contributed by atoms with Crippen LogP contribution in [0.2, 0.25) is 0 Å². The van der Waals surface area contributed by atoms with E-state index in [1.54, 1.807) is 0 Å². The average molecular weight is 227 g/mol. The van der Waals surface area contributed by atoms with Gasteiger partial charge in [0.15, 0.2) is 5.82 Å². The normalized spacial score (nSPS) is 11.2. The van der Waals surface area contributed by atoms with E-state index in [4.69, 9.17) is 10.5 Å². The Morgan fingerprint density at radius 2 is 2.31 bits per heavy atom. The van der Waals surface area contributed by atoms with Crippen LogP contribution in [0.4, 0.5) is 10.6 Å². The molecule has 90 valence electrons. The van der Waals surface area contributed by atoms with Crippen LogP contribution >= 0.6 is 0 Å². The standard InChI is InChI=1S/C9H17N5O2/c1-9(2,3)16-8(15)11-4-5-14-12-6-7(10)13-14/h6H,4-5H2,1-3H3,(H2,10,13)(H,11,15). The van der Waals surface area contributed by atoms with Gasteiger partial charge in [0, 0.05) is 6.54 Å². The molecule has 0 aliphatic rings. The quantitative estimate of drug-likeness (QED) is 0.778. The van der Waals surface area contributed by atoms with Crippen LogP contribution in [-0.4, -0.2) is 33.2 Å². The van der Waals surface area contributed by atoms with Crippen LogP contribution in [0.25, 0.3) is 0 Å². The second kappa shape index (κ2) is 4.82. The van der Waals surface area contributed by atoms with E-state index < -0.39 is 11.7 Å². The number of carbonyl (C=O) groups is 1. The molecule has 1 aromatic rings. The molecule has 1 aromatic heterocycles. The fourth-order valence-electron chi connectivity index (χ4n) is 0.991. The first-order chi connectivity index (χ1) is 7.37. The number of hydrogen-bond acceptors (Lipinski definition) is 5. The first-order valence-electron chi connectivity index (χ1n) is 4.99. The van der Waals surface area contributed by atoms with Crippen molar-refractivity contribution in [3.05, 3.63) is 6.20 Å². The number of ether oxygens (including phenoxy) is 1. The smallest absolute Gasteiger partial charge is 0.407 e. The van der Waals surface area contributed by atoms with Gasteiger partial charge in [-0.1, -0.05) is 0 Å². The molecular weight excluding hydrogens is 210 g/mol. The Labute approximate surface area is 93.9 Å². The van der Waals surface area contributed by atoms with Gasteiger partial charge in [0.1, 0.15) is 5.60 Å². The lowest BCUT2D eigenvalue weighted by Gasteiger charge is -2.19. The van der Waals surface area contributed by atoms with E-state index in [1.807, 2.05) is 20.8 Å². The molecule has 0 spiro atoms. The Hall–Kier alpha value is -1.79. The van der Waals surface area contributed by atoms with Gasteiger partial charge < -0.3 is 15.8 Å². The zero-order chi connectivity index (χ0) is 12.2. The number of anilines is 1. The third-order valence-corrected chi connectivity index (χ3v) is 1.53. The molecule has 0 bridgehead atoms. The van der Waals surface area contributed by atoms with Crippen molar-refractivity contribution in [3.8, 4) is 0 Å². The first-order valence-corrected chi connectivity index (χ1v) is 4.99. The number of alkyl carbamates (subject to hydrolysis) is 1. The van der Waals surface area contributed by atoms with E-state index in [2.05, 4.69) is 15.5 Å². The summed E-state index contributed by atoms with van der Waals surface area (Å²) in [5, 5.41) is 10.3. The fraction of sp³-hybridized carbons (Fsp3) is 0.667. The fourth-order valence-corrected chi connectivity index (χ4v) is 0.991. The highest BCUT2D eigenvalue weighted by Gasteiger charge is 2.15. The Morgan fingerprint density at radius 1 is 1.62 bits per heavy atom. The van der Waals surface area contributed by atoms with Crippen LogP contribution in [-0.2, 0) is 11.3 Å². The van der Waals surface area contributed by atoms with E-state index >= 15 is 0 Å². The molecule has 0 saturated carbocycles. The second-order valence-corrected chi connectivity index (χ2v) is 4.29. The van der Waals surface area contributed by atoms with E-state index in [9.17, 15) is 4.79 Å². The van der Waals surface area contributed by atoms with E-state index in [-0.39, 0.29) is 0 Å². The molecule has 0 aliphatic carbocycles. The van der Waals surface area contributed by atoms with Crippen LogP contribution in [0.15, 0.2) is 6.20 Å². The Morgan fingerprint density at radius 3 is 2.81 bits per heavy atom. The summed E-state index contributed by atoms with van der Waals surface area (Å²) >= 11 is 0. The Bertz CT molecular complexity index is 355. The summed E-state index contributed by atoms with van der Waals surface area (Å²) in [6.45, 7) is 6.27. The predicted octanol–water partition coefficient (Wildman–Crippen LogP) is 0.385. The molecule has 3 N–H and O–H groups in total. The molecule has 1 heterocycles. The van der Waals surface area contributed by atoms with Crippen LogP contribution < -0.4 is 11.1 Å².